The van der Waals surface area contributed by atoms with Gasteiger partial charge in [0.25, 0.3) is 0 Å². The molecule has 0 heterocycles. The average Bonchev–Trinajstić information content (AvgIpc) is 2.47. The van der Waals surface area contributed by atoms with Crippen LogP contribution in [0, 0.1) is 5.92 Å². The highest BCUT2D eigenvalue weighted by molar-refractivity contribution is 6.00. The first-order valence-electron chi connectivity index (χ1n) is 8.54. The van der Waals surface area contributed by atoms with Crippen LogP contribution in [0.25, 0.3) is 0 Å². The molecule has 128 valence electrons. The molecular formula is C18H32O4. The van der Waals surface area contributed by atoms with Crippen molar-refractivity contribution in [1.29, 1.82) is 0 Å². The molecule has 0 aliphatic heterocycles. The Bertz CT molecular complexity index is 369. The van der Waals surface area contributed by atoms with Gasteiger partial charge in [0.1, 0.15) is 0 Å². The lowest BCUT2D eigenvalue weighted by Gasteiger charge is -2.15. The van der Waals surface area contributed by atoms with Gasteiger partial charge in [0.05, 0.1) is 13.2 Å². The lowest BCUT2D eigenvalue weighted by Crippen LogP contribution is -2.18. The molecule has 0 amide bonds. The van der Waals surface area contributed by atoms with Crippen LogP contribution in [0.3, 0.4) is 0 Å². The van der Waals surface area contributed by atoms with E-state index in [1.165, 1.54) is 0 Å². The molecule has 0 atom stereocenters. The number of rotatable bonds is 11. The largest absolute Gasteiger partial charge is 0.462 e. The van der Waals surface area contributed by atoms with Gasteiger partial charge < -0.3 is 9.47 Å². The molecule has 0 saturated carbocycles. The second-order valence-electron chi connectivity index (χ2n) is 5.89. The van der Waals surface area contributed by atoms with Crippen LogP contribution in [0.5, 0.6) is 0 Å². The molecular weight excluding hydrogens is 280 g/mol. The predicted molar refractivity (Wildman–Crippen MR) is 88.5 cm³/mol. The fourth-order valence-corrected chi connectivity index (χ4v) is 2.01. The van der Waals surface area contributed by atoms with Crippen LogP contribution in [-0.2, 0) is 19.1 Å². The van der Waals surface area contributed by atoms with Crippen molar-refractivity contribution in [2.24, 2.45) is 5.92 Å². The summed E-state index contributed by atoms with van der Waals surface area (Å²) >= 11 is 0. The fraction of sp³-hybridized carbons (Fsp3) is 0.778. The van der Waals surface area contributed by atoms with Gasteiger partial charge in [-0.2, -0.15) is 0 Å². The average molecular weight is 312 g/mol. The van der Waals surface area contributed by atoms with Crippen molar-refractivity contribution in [3.05, 3.63) is 11.1 Å². The first kappa shape index (κ1) is 20.7. The van der Waals surface area contributed by atoms with Crippen molar-refractivity contribution in [3.8, 4) is 0 Å². The molecule has 0 saturated heterocycles. The van der Waals surface area contributed by atoms with Crippen molar-refractivity contribution < 1.29 is 19.1 Å². The van der Waals surface area contributed by atoms with Gasteiger partial charge in [-0.25, -0.2) is 9.59 Å². The van der Waals surface area contributed by atoms with Gasteiger partial charge in [0, 0.05) is 11.1 Å². The Hall–Kier alpha value is -1.32. The first-order chi connectivity index (χ1) is 10.5. The minimum atomic E-state index is -0.376. The summed E-state index contributed by atoms with van der Waals surface area (Å²) in [5.74, 6) is -0.468. The molecule has 0 unspecified atom stereocenters. The smallest absolute Gasteiger partial charge is 0.334 e. The third kappa shape index (κ3) is 8.20. The summed E-state index contributed by atoms with van der Waals surface area (Å²) in [5.41, 5.74) is 0.946. The van der Waals surface area contributed by atoms with Crippen molar-refractivity contribution in [1.82, 2.24) is 0 Å². The van der Waals surface area contributed by atoms with E-state index >= 15 is 0 Å². The van der Waals surface area contributed by atoms with Crippen LogP contribution < -0.4 is 0 Å². The minimum Gasteiger partial charge on any atom is -0.462 e. The second kappa shape index (κ2) is 12.2. The second-order valence-corrected chi connectivity index (χ2v) is 5.89. The van der Waals surface area contributed by atoms with Crippen LogP contribution in [0.1, 0.15) is 73.1 Å². The van der Waals surface area contributed by atoms with E-state index < -0.39 is 0 Å². The van der Waals surface area contributed by atoms with E-state index in [9.17, 15) is 9.59 Å². The van der Waals surface area contributed by atoms with Crippen LogP contribution in [0.15, 0.2) is 11.1 Å². The molecule has 22 heavy (non-hydrogen) atoms. The number of unbranched alkanes of at least 4 members (excludes halogenated alkanes) is 2. The Morgan fingerprint density at radius 2 is 1.27 bits per heavy atom. The Labute approximate surface area is 135 Å². The van der Waals surface area contributed by atoms with E-state index in [-0.39, 0.29) is 17.9 Å². The lowest BCUT2D eigenvalue weighted by molar-refractivity contribution is -0.142. The van der Waals surface area contributed by atoms with E-state index in [1.807, 2.05) is 34.6 Å². The maximum atomic E-state index is 12.3. The van der Waals surface area contributed by atoms with E-state index in [0.29, 0.717) is 37.2 Å². The zero-order valence-corrected chi connectivity index (χ0v) is 14.9. The molecule has 0 spiro atoms. The Kier molecular flexibility index (Phi) is 11.5. The summed E-state index contributed by atoms with van der Waals surface area (Å²) in [6.07, 6.45) is 4.63. The molecule has 0 fully saturated rings. The number of hydrogen-bond donors (Lipinski definition) is 0. The van der Waals surface area contributed by atoms with E-state index in [4.69, 9.17) is 9.47 Å². The topological polar surface area (TPSA) is 52.6 Å². The van der Waals surface area contributed by atoms with Crippen LogP contribution in [0.2, 0.25) is 0 Å². The standard InChI is InChI=1S/C18H32O4/c1-6-9-11-21-17(19)15(8-3)16(13-14(4)5)18(20)22-12-10-7-2/h14H,6-13H2,1-5H3/b16-15+. The maximum Gasteiger partial charge on any atom is 0.334 e. The molecule has 0 aromatic rings. The summed E-state index contributed by atoms with van der Waals surface area (Å²) < 4.78 is 10.6. The van der Waals surface area contributed by atoms with Gasteiger partial charge >= 0.3 is 11.9 Å². The van der Waals surface area contributed by atoms with Gasteiger partial charge in [0.15, 0.2) is 0 Å². The van der Waals surface area contributed by atoms with Crippen molar-refractivity contribution in [2.75, 3.05) is 13.2 Å². The molecule has 0 radical (unpaired) electrons. The quantitative estimate of drug-likeness (QED) is 0.322. The summed E-state index contributed by atoms with van der Waals surface area (Å²) in [6.45, 7) is 10.8. The van der Waals surface area contributed by atoms with Crippen molar-refractivity contribution in [3.63, 3.8) is 0 Å². The van der Waals surface area contributed by atoms with E-state index in [2.05, 4.69) is 0 Å². The summed E-state index contributed by atoms with van der Waals surface area (Å²) in [5, 5.41) is 0. The molecule has 0 aromatic carbocycles. The van der Waals surface area contributed by atoms with E-state index in [1.54, 1.807) is 0 Å². The molecule has 0 N–H and O–H groups in total. The number of hydrogen-bond acceptors (Lipinski definition) is 4. The minimum absolute atomic E-state index is 0.277. The zero-order chi connectivity index (χ0) is 17.0. The van der Waals surface area contributed by atoms with Crippen LogP contribution in [0.4, 0.5) is 0 Å². The van der Waals surface area contributed by atoms with Gasteiger partial charge in [-0.15, -0.1) is 0 Å². The molecule has 0 bridgehead atoms. The predicted octanol–water partition coefficient (Wildman–Crippen LogP) is 4.43. The van der Waals surface area contributed by atoms with E-state index in [0.717, 1.165) is 25.7 Å². The summed E-state index contributed by atoms with van der Waals surface area (Å²) in [4.78, 5) is 24.5. The molecule has 0 aliphatic rings. The highest BCUT2D eigenvalue weighted by Gasteiger charge is 2.22. The molecule has 4 nitrogen and oxygen atoms in total. The highest BCUT2D eigenvalue weighted by atomic mass is 16.5. The van der Waals surface area contributed by atoms with Crippen molar-refractivity contribution in [2.45, 2.75) is 73.1 Å². The molecule has 0 rings (SSSR count). The van der Waals surface area contributed by atoms with Crippen LogP contribution in [-0.4, -0.2) is 25.2 Å². The Morgan fingerprint density at radius 1 is 0.818 bits per heavy atom. The third-order valence-electron chi connectivity index (χ3n) is 3.29. The maximum absolute atomic E-state index is 12.3. The zero-order valence-electron chi connectivity index (χ0n) is 14.9. The third-order valence-corrected chi connectivity index (χ3v) is 3.29. The monoisotopic (exact) mass is 312 g/mol. The van der Waals surface area contributed by atoms with Crippen LogP contribution >= 0.6 is 0 Å². The summed E-state index contributed by atoms with van der Waals surface area (Å²) in [7, 11) is 0. The molecule has 0 aromatic heterocycles. The van der Waals surface area contributed by atoms with Gasteiger partial charge in [0.2, 0.25) is 0 Å². The van der Waals surface area contributed by atoms with Gasteiger partial charge in [-0.05, 0) is 31.6 Å². The number of ether oxygens (including phenoxy) is 2. The summed E-state index contributed by atoms with van der Waals surface area (Å²) in [6, 6.07) is 0. The number of esters is 2. The molecule has 4 heteroatoms. The Morgan fingerprint density at radius 3 is 1.64 bits per heavy atom. The number of carbonyl (C=O) groups is 2. The first-order valence-corrected chi connectivity index (χ1v) is 8.54. The normalized spacial score (nSPS) is 12.1. The number of carbonyl (C=O) groups excluding carboxylic acids is 2. The highest BCUT2D eigenvalue weighted by Crippen LogP contribution is 2.21. The SMILES string of the molecule is CCCCOC(=O)/C(CC)=C(\CC(C)C)C(=O)OCCCC. The van der Waals surface area contributed by atoms with Crippen molar-refractivity contribution >= 4 is 11.9 Å². The van der Waals surface area contributed by atoms with Gasteiger partial charge in [-0.1, -0.05) is 47.5 Å². The van der Waals surface area contributed by atoms with Gasteiger partial charge in [-0.3, -0.25) is 0 Å². The molecule has 0 aliphatic carbocycles. The fourth-order valence-electron chi connectivity index (χ4n) is 2.01. The Balaban J connectivity index is 5.09. The lowest BCUT2D eigenvalue weighted by atomic mass is 9.96.